The van der Waals surface area contributed by atoms with Gasteiger partial charge in [-0.2, -0.15) is 0 Å². The minimum absolute atomic E-state index is 0.0982. The van der Waals surface area contributed by atoms with Crippen LogP contribution in [0.3, 0.4) is 0 Å². The van der Waals surface area contributed by atoms with Crippen LogP contribution in [-0.2, 0) is 21.3 Å². The van der Waals surface area contributed by atoms with E-state index in [4.69, 9.17) is 18.9 Å². The molecule has 5 rings (SSSR count). The molecule has 3 heterocycles. The number of anilines is 1. The van der Waals surface area contributed by atoms with E-state index < -0.39 is 16.1 Å². The number of sulfonamides is 1. The molecule has 0 radical (unpaired) electrons. The van der Waals surface area contributed by atoms with E-state index in [9.17, 15) is 18.3 Å². The molecule has 4 atom stereocenters. The number of ether oxygens (including phenoxy) is 4. The molecule has 2 aliphatic rings. The lowest BCUT2D eigenvalue weighted by atomic mass is 10.0. The third-order valence-electron chi connectivity index (χ3n) is 8.44. The van der Waals surface area contributed by atoms with Crippen molar-refractivity contribution in [3.8, 4) is 17.2 Å². The van der Waals surface area contributed by atoms with Crippen LogP contribution in [0.5, 0.6) is 17.2 Å². The number of nitrogens with one attached hydrogen (secondary N) is 1. The molecule has 0 fully saturated rings. The number of hydrogen-bond donors (Lipinski definition) is 2. The number of benzene rings is 2. The highest BCUT2D eigenvalue weighted by Gasteiger charge is 2.31. The van der Waals surface area contributed by atoms with Crippen molar-refractivity contribution >= 4 is 33.0 Å². The largest absolute Gasteiger partial charge is 0.490 e. The molecule has 3 aromatic rings. The molecular formula is C34H45N3O8S2. The maximum absolute atomic E-state index is 14.4. The summed E-state index contributed by atoms with van der Waals surface area (Å²) in [6.45, 7) is 7.97. The molecule has 0 aliphatic carbocycles. The normalized spacial score (nSPS) is 21.5. The number of aliphatic hydroxyl groups is 1. The highest BCUT2D eigenvalue weighted by Crippen LogP contribution is 2.33. The first kappa shape index (κ1) is 35.0. The van der Waals surface area contributed by atoms with Gasteiger partial charge in [0, 0.05) is 37.8 Å². The summed E-state index contributed by atoms with van der Waals surface area (Å²) in [5.41, 5.74) is 1.57. The van der Waals surface area contributed by atoms with Gasteiger partial charge in [-0.3, -0.25) is 14.4 Å². The van der Waals surface area contributed by atoms with Gasteiger partial charge in [-0.25, -0.2) is 8.42 Å². The monoisotopic (exact) mass is 687 g/mol. The lowest BCUT2D eigenvalue weighted by Crippen LogP contribution is -2.47. The SMILES string of the molecule is C[C@@H]1CN([C@H](C)CO)C(=O)c2cc(NS(=O)(=O)c3cccs3)ccc2O[C@@H](C)CCCCO[C@H]1CN(C)Cc1ccc2c(c1)OCO2. The van der Waals surface area contributed by atoms with Crippen LogP contribution in [0.1, 0.15) is 56.0 Å². The quantitative estimate of drug-likeness (QED) is 0.312. The summed E-state index contributed by atoms with van der Waals surface area (Å²) in [5, 5.41) is 11.9. The average Bonchev–Trinajstić information content (AvgIpc) is 3.75. The van der Waals surface area contributed by atoms with Gasteiger partial charge in [0.05, 0.1) is 30.4 Å². The average molecular weight is 688 g/mol. The zero-order valence-electron chi connectivity index (χ0n) is 27.4. The van der Waals surface area contributed by atoms with E-state index in [2.05, 4.69) is 16.5 Å². The summed E-state index contributed by atoms with van der Waals surface area (Å²) in [5.74, 6) is 1.40. The molecule has 11 nitrogen and oxygen atoms in total. The summed E-state index contributed by atoms with van der Waals surface area (Å²) >= 11 is 1.11. The van der Waals surface area contributed by atoms with Gasteiger partial charge in [0.2, 0.25) is 6.79 Å². The molecular weight excluding hydrogens is 643 g/mol. The van der Waals surface area contributed by atoms with Crippen molar-refractivity contribution in [3.05, 3.63) is 65.0 Å². The van der Waals surface area contributed by atoms with Gasteiger partial charge in [-0.15, -0.1) is 11.3 Å². The molecule has 0 bridgehead atoms. The molecule has 0 spiro atoms. The standard InChI is InChI=1S/C34H45N3O8S2/c1-23-18-37(24(2)21-38)34(39)28-17-27(35-47(40,41)33-9-7-15-46-33)11-13-29(28)45-25(3)8-5-6-14-42-32(23)20-36(4)19-26-10-12-30-31(16-26)44-22-43-30/h7,9-13,15-17,23-25,32,35,38H,5-6,8,14,18-22H2,1-4H3/t23-,24-,25+,32+/m1/s1. The first-order chi connectivity index (χ1) is 22.5. The Labute approximate surface area is 281 Å². The van der Waals surface area contributed by atoms with Crippen molar-refractivity contribution in [2.75, 3.05) is 44.9 Å². The molecule has 2 N–H and O–H groups in total. The first-order valence-corrected chi connectivity index (χ1v) is 18.4. The number of rotatable bonds is 9. The number of carbonyl (C=O) groups is 1. The van der Waals surface area contributed by atoms with Crippen molar-refractivity contribution in [3.63, 3.8) is 0 Å². The van der Waals surface area contributed by atoms with Gasteiger partial charge in [0.1, 0.15) is 9.96 Å². The van der Waals surface area contributed by atoms with E-state index in [0.29, 0.717) is 32.0 Å². The maximum atomic E-state index is 14.4. The minimum Gasteiger partial charge on any atom is -0.490 e. The minimum atomic E-state index is -3.83. The van der Waals surface area contributed by atoms with Gasteiger partial charge in [-0.05, 0) is 87.5 Å². The van der Waals surface area contributed by atoms with E-state index in [1.807, 2.05) is 32.2 Å². The molecule has 1 aromatic heterocycles. The van der Waals surface area contributed by atoms with E-state index in [-0.39, 0.29) is 52.9 Å². The van der Waals surface area contributed by atoms with E-state index in [1.54, 1.807) is 35.4 Å². The van der Waals surface area contributed by atoms with Gasteiger partial charge in [0.25, 0.3) is 15.9 Å². The maximum Gasteiger partial charge on any atom is 0.271 e. The van der Waals surface area contributed by atoms with Crippen molar-refractivity contribution in [2.45, 2.75) is 69.0 Å². The molecule has 2 aromatic carbocycles. The van der Waals surface area contributed by atoms with Gasteiger partial charge in [-0.1, -0.05) is 19.1 Å². The van der Waals surface area contributed by atoms with Crippen LogP contribution in [0.4, 0.5) is 5.69 Å². The Balaban J connectivity index is 1.40. The molecule has 0 unspecified atom stereocenters. The van der Waals surface area contributed by atoms with Crippen LogP contribution >= 0.6 is 11.3 Å². The molecule has 0 saturated heterocycles. The number of nitrogens with zero attached hydrogens (tertiary/aromatic N) is 2. The third kappa shape index (κ3) is 8.96. The molecule has 0 saturated carbocycles. The van der Waals surface area contributed by atoms with Gasteiger partial charge >= 0.3 is 0 Å². The Hall–Kier alpha value is -3.36. The smallest absolute Gasteiger partial charge is 0.271 e. The second-order valence-corrected chi connectivity index (χ2v) is 15.3. The second kappa shape index (κ2) is 15.7. The van der Waals surface area contributed by atoms with Crippen LogP contribution in [-0.4, -0.2) is 87.6 Å². The zero-order chi connectivity index (χ0) is 33.6. The molecule has 2 aliphatic heterocycles. The lowest BCUT2D eigenvalue weighted by molar-refractivity contribution is -0.0177. The predicted molar refractivity (Wildman–Crippen MR) is 181 cm³/mol. The van der Waals surface area contributed by atoms with Crippen molar-refractivity contribution in [2.24, 2.45) is 5.92 Å². The summed E-state index contributed by atoms with van der Waals surface area (Å²) in [4.78, 5) is 18.2. The fraction of sp³-hybridized carbons (Fsp3) is 0.500. The van der Waals surface area contributed by atoms with Crippen LogP contribution in [0.15, 0.2) is 58.1 Å². The van der Waals surface area contributed by atoms with Crippen molar-refractivity contribution < 1.29 is 37.3 Å². The number of carbonyl (C=O) groups excluding carboxylic acids is 1. The molecule has 13 heteroatoms. The fourth-order valence-corrected chi connectivity index (χ4v) is 7.84. The predicted octanol–water partition coefficient (Wildman–Crippen LogP) is 5.21. The number of hydrogen-bond acceptors (Lipinski definition) is 10. The zero-order valence-corrected chi connectivity index (χ0v) is 29.0. The van der Waals surface area contributed by atoms with Crippen LogP contribution in [0.25, 0.3) is 0 Å². The van der Waals surface area contributed by atoms with E-state index in [0.717, 1.165) is 47.7 Å². The van der Waals surface area contributed by atoms with Crippen LogP contribution < -0.4 is 18.9 Å². The van der Waals surface area contributed by atoms with Gasteiger partial charge < -0.3 is 29.0 Å². The number of aliphatic hydroxyl groups excluding tert-OH is 1. The Morgan fingerprint density at radius 1 is 1.09 bits per heavy atom. The van der Waals surface area contributed by atoms with Crippen LogP contribution in [0, 0.1) is 5.92 Å². The molecule has 1 amide bonds. The van der Waals surface area contributed by atoms with E-state index in [1.165, 1.54) is 12.1 Å². The topological polar surface area (TPSA) is 127 Å². The highest BCUT2D eigenvalue weighted by molar-refractivity contribution is 7.94. The molecule has 47 heavy (non-hydrogen) atoms. The Morgan fingerprint density at radius 3 is 2.64 bits per heavy atom. The number of amides is 1. The van der Waals surface area contributed by atoms with Crippen molar-refractivity contribution in [1.82, 2.24) is 9.80 Å². The summed E-state index contributed by atoms with van der Waals surface area (Å²) < 4.78 is 52.5. The van der Waals surface area contributed by atoms with E-state index >= 15 is 0 Å². The third-order valence-corrected chi connectivity index (χ3v) is 11.2. The lowest BCUT2D eigenvalue weighted by Gasteiger charge is -2.36. The summed E-state index contributed by atoms with van der Waals surface area (Å²) in [6, 6.07) is 13.4. The van der Waals surface area contributed by atoms with Gasteiger partial charge in [0.15, 0.2) is 11.5 Å². The first-order valence-electron chi connectivity index (χ1n) is 16.0. The summed E-state index contributed by atoms with van der Waals surface area (Å²) in [6.07, 6.45) is 2.10. The second-order valence-electron chi connectivity index (χ2n) is 12.4. The Bertz CT molecular complexity index is 1600. The number of likely N-dealkylation sites (N-methyl/N-ethyl adjacent to an activating group) is 1. The number of fused-ring (bicyclic) bond motifs is 2. The Morgan fingerprint density at radius 2 is 1.87 bits per heavy atom. The van der Waals surface area contributed by atoms with Crippen LogP contribution in [0.2, 0.25) is 0 Å². The Kier molecular flexibility index (Phi) is 11.7. The molecule has 256 valence electrons. The summed E-state index contributed by atoms with van der Waals surface area (Å²) in [7, 11) is -1.79. The van der Waals surface area contributed by atoms with Crippen molar-refractivity contribution in [1.29, 1.82) is 0 Å². The highest BCUT2D eigenvalue weighted by atomic mass is 32.2. The fourth-order valence-electron chi connectivity index (χ4n) is 5.79. The number of thiophene rings is 1.